The van der Waals surface area contributed by atoms with Crippen LogP contribution in [0, 0.1) is 0 Å². The van der Waals surface area contributed by atoms with E-state index in [2.05, 4.69) is 4.74 Å². The van der Waals surface area contributed by atoms with E-state index in [1.807, 2.05) is 0 Å². The van der Waals surface area contributed by atoms with Crippen LogP contribution >= 0.6 is 23.2 Å². The van der Waals surface area contributed by atoms with Crippen molar-refractivity contribution < 1.29 is 14.6 Å². The predicted octanol–water partition coefficient (Wildman–Crippen LogP) is 4.09. The molecular weight excluding hydrogens is 251 g/mol. The molecule has 0 bridgehead atoms. The van der Waals surface area contributed by atoms with Crippen molar-refractivity contribution in [3.63, 3.8) is 0 Å². The van der Waals surface area contributed by atoms with Crippen LogP contribution in [0.4, 0.5) is 4.79 Å². The lowest BCUT2D eigenvalue weighted by atomic mass is 10.2. The number of benzene rings is 1. The van der Waals surface area contributed by atoms with Gasteiger partial charge in [-0.1, -0.05) is 35.3 Å². The zero-order chi connectivity index (χ0) is 12.1. The Morgan fingerprint density at radius 3 is 2.69 bits per heavy atom. The van der Waals surface area contributed by atoms with E-state index in [0.717, 1.165) is 5.56 Å². The Balaban J connectivity index is 2.69. The van der Waals surface area contributed by atoms with Gasteiger partial charge in [0.2, 0.25) is 0 Å². The van der Waals surface area contributed by atoms with Gasteiger partial charge in [-0.2, -0.15) is 0 Å². The Labute approximate surface area is 103 Å². The van der Waals surface area contributed by atoms with E-state index in [1.165, 1.54) is 0 Å². The summed E-state index contributed by atoms with van der Waals surface area (Å²) < 4.78 is 4.50. The van der Waals surface area contributed by atoms with Crippen molar-refractivity contribution in [1.29, 1.82) is 0 Å². The highest BCUT2D eigenvalue weighted by Gasteiger charge is 2.02. The minimum Gasteiger partial charge on any atom is -0.450 e. The van der Waals surface area contributed by atoms with E-state index in [9.17, 15) is 4.79 Å². The maximum atomic E-state index is 10.2. The van der Waals surface area contributed by atoms with Gasteiger partial charge in [0, 0.05) is 0 Å². The first-order valence-electron chi connectivity index (χ1n) is 4.52. The molecular formula is C11H10Cl2O3. The van der Waals surface area contributed by atoms with Crippen molar-refractivity contribution in [2.24, 2.45) is 0 Å². The van der Waals surface area contributed by atoms with E-state index in [1.54, 1.807) is 37.3 Å². The molecule has 0 aliphatic heterocycles. The number of hydrogen-bond donors (Lipinski definition) is 1. The van der Waals surface area contributed by atoms with Gasteiger partial charge < -0.3 is 9.84 Å². The minimum absolute atomic E-state index is 0.454. The average molecular weight is 261 g/mol. The van der Waals surface area contributed by atoms with Crippen LogP contribution in [0.2, 0.25) is 10.0 Å². The fourth-order valence-electron chi connectivity index (χ4n) is 1.06. The summed E-state index contributed by atoms with van der Waals surface area (Å²) in [4.78, 5) is 10.2. The van der Waals surface area contributed by atoms with Crippen molar-refractivity contribution in [1.82, 2.24) is 0 Å². The zero-order valence-electron chi connectivity index (χ0n) is 8.48. The third-order valence-corrected chi connectivity index (χ3v) is 2.53. The van der Waals surface area contributed by atoms with E-state index in [4.69, 9.17) is 28.3 Å². The molecule has 1 N–H and O–H groups in total. The maximum Gasteiger partial charge on any atom is 0.506 e. The lowest BCUT2D eigenvalue weighted by molar-refractivity contribution is 0.0755. The van der Waals surface area contributed by atoms with E-state index in [-0.39, 0.29) is 0 Å². The Morgan fingerprint density at radius 2 is 2.12 bits per heavy atom. The van der Waals surface area contributed by atoms with Crippen LogP contribution in [0.3, 0.4) is 0 Å². The Kier molecular flexibility index (Phi) is 4.65. The van der Waals surface area contributed by atoms with Crippen molar-refractivity contribution in [3.8, 4) is 0 Å². The van der Waals surface area contributed by atoms with Crippen LogP contribution in [0.15, 0.2) is 24.3 Å². The Morgan fingerprint density at radius 1 is 1.44 bits per heavy atom. The summed E-state index contributed by atoms with van der Waals surface area (Å²) in [5.74, 6) is 0. The van der Waals surface area contributed by atoms with Gasteiger partial charge in [-0.15, -0.1) is 0 Å². The molecule has 0 heterocycles. The largest absolute Gasteiger partial charge is 0.506 e. The first-order chi connectivity index (χ1) is 7.49. The summed E-state index contributed by atoms with van der Waals surface area (Å²) in [7, 11) is 0. The molecule has 0 saturated heterocycles. The number of ether oxygens (including phenoxy) is 1. The van der Waals surface area contributed by atoms with Gasteiger partial charge in [-0.25, -0.2) is 4.79 Å². The standard InChI is InChI=1S/C11H10Cl2O3/c1-7(16-11(14)15)2-3-8-4-5-9(12)10(13)6-8/h2-7H,1H3,(H,14,15). The van der Waals surface area contributed by atoms with Crippen LogP contribution in [0.1, 0.15) is 12.5 Å². The number of rotatable bonds is 3. The quantitative estimate of drug-likeness (QED) is 0.833. The second-order valence-electron chi connectivity index (χ2n) is 3.12. The third kappa shape index (κ3) is 4.13. The summed E-state index contributed by atoms with van der Waals surface area (Å²) in [6.45, 7) is 1.63. The fraction of sp³-hybridized carbons (Fsp3) is 0.182. The number of carboxylic acid groups (broad SMARTS) is 1. The van der Waals surface area contributed by atoms with Crippen molar-refractivity contribution in [3.05, 3.63) is 39.9 Å². The summed E-state index contributed by atoms with van der Waals surface area (Å²) in [6, 6.07) is 5.14. The van der Waals surface area contributed by atoms with Gasteiger partial charge >= 0.3 is 6.16 Å². The number of hydrogen-bond acceptors (Lipinski definition) is 2. The highest BCUT2D eigenvalue weighted by atomic mass is 35.5. The molecule has 16 heavy (non-hydrogen) atoms. The van der Waals surface area contributed by atoms with Gasteiger partial charge in [0.05, 0.1) is 10.0 Å². The lowest BCUT2D eigenvalue weighted by Gasteiger charge is -2.04. The summed E-state index contributed by atoms with van der Waals surface area (Å²) in [5.41, 5.74) is 0.829. The second kappa shape index (κ2) is 5.77. The molecule has 0 fully saturated rings. The highest BCUT2D eigenvalue weighted by molar-refractivity contribution is 6.42. The normalized spacial score (nSPS) is 12.7. The topological polar surface area (TPSA) is 46.5 Å². The fourth-order valence-corrected chi connectivity index (χ4v) is 1.37. The third-order valence-electron chi connectivity index (χ3n) is 1.79. The van der Waals surface area contributed by atoms with E-state index in [0.29, 0.717) is 10.0 Å². The molecule has 1 atom stereocenters. The lowest BCUT2D eigenvalue weighted by Crippen LogP contribution is -2.09. The first-order valence-corrected chi connectivity index (χ1v) is 5.27. The number of carbonyl (C=O) groups is 1. The summed E-state index contributed by atoms with van der Waals surface area (Å²) in [6.07, 6.45) is 1.53. The first kappa shape index (κ1) is 12.9. The monoisotopic (exact) mass is 260 g/mol. The number of halogens is 2. The Bertz CT molecular complexity index is 416. The molecule has 0 aromatic heterocycles. The van der Waals surface area contributed by atoms with E-state index < -0.39 is 12.3 Å². The van der Waals surface area contributed by atoms with Crippen LogP contribution < -0.4 is 0 Å². The smallest absolute Gasteiger partial charge is 0.450 e. The van der Waals surface area contributed by atoms with Crippen molar-refractivity contribution >= 4 is 35.4 Å². The molecule has 0 spiro atoms. The molecule has 86 valence electrons. The molecule has 0 amide bonds. The van der Waals surface area contributed by atoms with Crippen molar-refractivity contribution in [2.45, 2.75) is 13.0 Å². The summed E-state index contributed by atoms with van der Waals surface area (Å²) >= 11 is 11.6. The molecule has 0 radical (unpaired) electrons. The predicted molar refractivity (Wildman–Crippen MR) is 64.1 cm³/mol. The van der Waals surface area contributed by atoms with E-state index >= 15 is 0 Å². The van der Waals surface area contributed by atoms with Crippen LogP contribution in [-0.2, 0) is 4.74 Å². The molecule has 3 nitrogen and oxygen atoms in total. The van der Waals surface area contributed by atoms with Gasteiger partial charge in [0.25, 0.3) is 0 Å². The second-order valence-corrected chi connectivity index (χ2v) is 3.94. The minimum atomic E-state index is -1.30. The molecule has 1 aromatic carbocycles. The van der Waals surface area contributed by atoms with Crippen molar-refractivity contribution in [2.75, 3.05) is 0 Å². The average Bonchev–Trinajstić information content (AvgIpc) is 2.19. The zero-order valence-corrected chi connectivity index (χ0v) is 10.00. The van der Waals surface area contributed by atoms with Gasteiger partial charge in [0.15, 0.2) is 0 Å². The van der Waals surface area contributed by atoms with Gasteiger partial charge in [-0.3, -0.25) is 0 Å². The van der Waals surface area contributed by atoms with Gasteiger partial charge in [-0.05, 0) is 30.7 Å². The molecule has 1 unspecified atom stereocenters. The molecule has 0 saturated carbocycles. The molecule has 0 aliphatic rings. The molecule has 5 heteroatoms. The van der Waals surface area contributed by atoms with Crippen LogP contribution in [-0.4, -0.2) is 17.4 Å². The van der Waals surface area contributed by atoms with Crippen LogP contribution in [0.5, 0.6) is 0 Å². The SMILES string of the molecule is CC(C=Cc1ccc(Cl)c(Cl)c1)OC(=O)O. The maximum absolute atomic E-state index is 10.2. The van der Waals surface area contributed by atoms with Crippen LogP contribution in [0.25, 0.3) is 6.08 Å². The Hall–Kier alpha value is -1.19. The highest BCUT2D eigenvalue weighted by Crippen LogP contribution is 2.23. The molecule has 0 aliphatic carbocycles. The summed E-state index contributed by atoms with van der Waals surface area (Å²) in [5, 5.41) is 9.30. The molecule has 1 rings (SSSR count). The molecule has 1 aromatic rings. The van der Waals surface area contributed by atoms with Gasteiger partial charge in [0.1, 0.15) is 6.10 Å².